The summed E-state index contributed by atoms with van der Waals surface area (Å²) in [4.78, 5) is 32.8. The van der Waals surface area contributed by atoms with Crippen LogP contribution in [0.15, 0.2) is 54.5 Å². The number of rotatable bonds is 6. The number of hydrogen-bond donors (Lipinski definition) is 1. The molecular formula is C19H18ClN3O3. The number of aliphatic hydroxyl groups is 1. The lowest BCUT2D eigenvalue weighted by molar-refractivity contribution is -0.138. The second-order valence-electron chi connectivity index (χ2n) is 5.93. The molecule has 0 bridgehead atoms. The Morgan fingerprint density at radius 1 is 1.15 bits per heavy atom. The minimum atomic E-state index is -0.389. The van der Waals surface area contributed by atoms with Crippen molar-refractivity contribution in [1.82, 2.24) is 14.8 Å². The van der Waals surface area contributed by atoms with E-state index in [1.54, 1.807) is 54.7 Å². The Morgan fingerprint density at radius 3 is 2.50 bits per heavy atom. The predicted octanol–water partition coefficient (Wildman–Crippen LogP) is 1.94. The Labute approximate surface area is 156 Å². The summed E-state index contributed by atoms with van der Waals surface area (Å²) in [5.74, 6) is -0.763. The molecule has 0 unspecified atom stereocenters. The van der Waals surface area contributed by atoms with Crippen molar-refractivity contribution in [3.8, 4) is 0 Å². The van der Waals surface area contributed by atoms with Gasteiger partial charge < -0.3 is 10.0 Å². The van der Waals surface area contributed by atoms with Crippen LogP contribution in [0.1, 0.15) is 11.1 Å². The molecule has 0 radical (unpaired) electrons. The van der Waals surface area contributed by atoms with E-state index in [2.05, 4.69) is 4.98 Å². The second-order valence-corrected chi connectivity index (χ2v) is 6.37. The second kappa shape index (κ2) is 7.68. The molecule has 26 heavy (non-hydrogen) atoms. The van der Waals surface area contributed by atoms with Gasteiger partial charge in [0.1, 0.15) is 5.70 Å². The number of halogens is 1. The number of nitrogens with zero attached hydrogens (tertiary/aromatic N) is 3. The first kappa shape index (κ1) is 18.1. The molecule has 0 saturated heterocycles. The minimum absolute atomic E-state index is 0.127. The molecule has 2 amide bonds. The average molecular weight is 372 g/mol. The van der Waals surface area contributed by atoms with E-state index in [1.165, 1.54) is 4.90 Å². The third kappa shape index (κ3) is 3.47. The van der Waals surface area contributed by atoms with Crippen LogP contribution in [0.25, 0.3) is 5.57 Å². The summed E-state index contributed by atoms with van der Waals surface area (Å²) >= 11 is 5.94. The van der Waals surface area contributed by atoms with E-state index >= 15 is 0 Å². The molecular weight excluding hydrogens is 354 g/mol. The number of hydrogen-bond acceptors (Lipinski definition) is 5. The highest BCUT2D eigenvalue weighted by molar-refractivity contribution is 6.35. The fourth-order valence-electron chi connectivity index (χ4n) is 2.87. The van der Waals surface area contributed by atoms with Crippen LogP contribution in [0.3, 0.4) is 0 Å². The van der Waals surface area contributed by atoms with Crippen LogP contribution in [-0.2, 0) is 16.1 Å². The largest absolute Gasteiger partial charge is 0.395 e. The zero-order valence-electron chi connectivity index (χ0n) is 14.2. The molecule has 1 aromatic heterocycles. The maximum absolute atomic E-state index is 13.0. The Morgan fingerprint density at radius 2 is 1.88 bits per heavy atom. The van der Waals surface area contributed by atoms with Crippen molar-refractivity contribution < 1.29 is 14.7 Å². The molecule has 7 heteroatoms. The lowest BCUT2D eigenvalue weighted by Crippen LogP contribution is -2.34. The topological polar surface area (TPSA) is 73.7 Å². The number of carbonyl (C=O) groups is 2. The van der Waals surface area contributed by atoms with Gasteiger partial charge in [0.05, 0.1) is 18.7 Å². The lowest BCUT2D eigenvalue weighted by Gasteiger charge is -2.20. The van der Waals surface area contributed by atoms with Gasteiger partial charge in [-0.25, -0.2) is 0 Å². The van der Waals surface area contributed by atoms with Gasteiger partial charge >= 0.3 is 0 Å². The molecule has 1 N–H and O–H groups in total. The molecule has 1 aromatic carbocycles. The summed E-state index contributed by atoms with van der Waals surface area (Å²) in [6.07, 6.45) is 3.26. The van der Waals surface area contributed by atoms with Crippen molar-refractivity contribution in [3.63, 3.8) is 0 Å². The molecule has 0 aliphatic carbocycles. The fourth-order valence-corrected chi connectivity index (χ4v) is 3.00. The van der Waals surface area contributed by atoms with Crippen LogP contribution >= 0.6 is 11.6 Å². The van der Waals surface area contributed by atoms with E-state index in [9.17, 15) is 14.7 Å². The summed E-state index contributed by atoms with van der Waals surface area (Å²) in [5.41, 5.74) is 1.96. The minimum Gasteiger partial charge on any atom is -0.395 e. The summed E-state index contributed by atoms with van der Waals surface area (Å²) < 4.78 is 0. The van der Waals surface area contributed by atoms with E-state index in [0.717, 1.165) is 5.56 Å². The molecule has 6 nitrogen and oxygen atoms in total. The monoisotopic (exact) mass is 371 g/mol. The normalized spacial score (nSPS) is 14.3. The third-order valence-corrected chi connectivity index (χ3v) is 4.41. The van der Waals surface area contributed by atoms with E-state index < -0.39 is 0 Å². The Hall–Kier alpha value is -2.70. The summed E-state index contributed by atoms with van der Waals surface area (Å²) in [6, 6.07) is 10.3. The van der Waals surface area contributed by atoms with Crippen LogP contribution < -0.4 is 0 Å². The molecule has 1 aliphatic rings. The predicted molar refractivity (Wildman–Crippen MR) is 97.9 cm³/mol. The highest BCUT2D eigenvalue weighted by Crippen LogP contribution is 2.32. The molecule has 2 aromatic rings. The van der Waals surface area contributed by atoms with Crippen molar-refractivity contribution in [2.45, 2.75) is 6.54 Å². The van der Waals surface area contributed by atoms with E-state index in [1.807, 2.05) is 6.07 Å². The summed E-state index contributed by atoms with van der Waals surface area (Å²) in [6.45, 7) is 0.253. The van der Waals surface area contributed by atoms with Crippen molar-refractivity contribution in [1.29, 1.82) is 0 Å². The van der Waals surface area contributed by atoms with Crippen LogP contribution in [-0.4, -0.2) is 51.9 Å². The van der Waals surface area contributed by atoms with Crippen molar-refractivity contribution in [2.75, 3.05) is 20.2 Å². The van der Waals surface area contributed by atoms with Crippen LogP contribution in [0, 0.1) is 0 Å². The van der Waals surface area contributed by atoms with E-state index in [4.69, 9.17) is 11.6 Å². The number of carbonyl (C=O) groups excluding carboxylic acids is 2. The first-order valence-electron chi connectivity index (χ1n) is 8.10. The molecule has 1 aliphatic heterocycles. The van der Waals surface area contributed by atoms with Gasteiger partial charge in [-0.2, -0.15) is 0 Å². The molecule has 134 valence electrons. The Bertz CT molecular complexity index is 850. The fraction of sp³-hybridized carbons (Fsp3) is 0.211. The van der Waals surface area contributed by atoms with Crippen LogP contribution in [0.4, 0.5) is 0 Å². The Kier molecular flexibility index (Phi) is 5.35. The van der Waals surface area contributed by atoms with E-state index in [0.29, 0.717) is 16.2 Å². The number of imide groups is 1. The maximum Gasteiger partial charge on any atom is 0.278 e. The number of pyridine rings is 1. The maximum atomic E-state index is 13.0. The zero-order chi connectivity index (χ0) is 18.7. The van der Waals surface area contributed by atoms with Gasteiger partial charge in [0.15, 0.2) is 0 Å². The van der Waals surface area contributed by atoms with Gasteiger partial charge in [0.2, 0.25) is 0 Å². The number of aliphatic hydroxyl groups excluding tert-OH is 1. The van der Waals surface area contributed by atoms with Gasteiger partial charge in [-0.15, -0.1) is 0 Å². The molecule has 0 atom stereocenters. The van der Waals surface area contributed by atoms with Crippen LogP contribution in [0.2, 0.25) is 5.02 Å². The van der Waals surface area contributed by atoms with Crippen molar-refractivity contribution in [3.05, 3.63) is 70.6 Å². The van der Waals surface area contributed by atoms with Gasteiger partial charge in [0.25, 0.3) is 11.8 Å². The van der Waals surface area contributed by atoms with Crippen LogP contribution in [0.5, 0.6) is 0 Å². The summed E-state index contributed by atoms with van der Waals surface area (Å²) in [5, 5.41) is 9.79. The molecule has 0 saturated carbocycles. The quantitative estimate of drug-likeness (QED) is 0.785. The summed E-state index contributed by atoms with van der Waals surface area (Å²) in [7, 11) is 1.68. The highest BCUT2D eigenvalue weighted by Gasteiger charge is 2.40. The molecule has 0 spiro atoms. The third-order valence-electron chi connectivity index (χ3n) is 4.16. The average Bonchev–Trinajstić information content (AvgIpc) is 2.88. The first-order valence-corrected chi connectivity index (χ1v) is 8.48. The van der Waals surface area contributed by atoms with Gasteiger partial charge in [-0.05, 0) is 29.3 Å². The molecule has 3 rings (SSSR count). The number of likely N-dealkylation sites (N-methyl/N-ethyl adjacent to an activating group) is 1. The number of aromatic nitrogens is 1. The van der Waals surface area contributed by atoms with Crippen molar-refractivity contribution in [2.24, 2.45) is 0 Å². The Balaban J connectivity index is 2.01. The van der Waals surface area contributed by atoms with E-state index in [-0.39, 0.29) is 37.2 Å². The number of benzene rings is 1. The molecule has 0 fully saturated rings. The zero-order valence-corrected chi connectivity index (χ0v) is 15.0. The number of amides is 2. The van der Waals surface area contributed by atoms with Gasteiger partial charge in [-0.1, -0.05) is 29.8 Å². The molecule has 2 heterocycles. The standard InChI is InChI=1S/C19H18ClN3O3/c1-22(9-10-24)17-16(14-4-6-15(20)7-5-14)18(25)23(19(17)26)12-13-3-2-8-21-11-13/h2-8,11,24H,9-10,12H2,1H3. The highest BCUT2D eigenvalue weighted by atomic mass is 35.5. The van der Waals surface area contributed by atoms with Crippen molar-refractivity contribution >= 4 is 29.0 Å². The first-order chi connectivity index (χ1) is 12.5. The lowest BCUT2D eigenvalue weighted by atomic mass is 10.0. The van der Waals surface area contributed by atoms with Gasteiger partial charge in [-0.3, -0.25) is 19.5 Å². The smallest absolute Gasteiger partial charge is 0.278 e. The van der Waals surface area contributed by atoms with Gasteiger partial charge in [0, 0.05) is 31.0 Å². The SMILES string of the molecule is CN(CCO)C1=C(c2ccc(Cl)cc2)C(=O)N(Cc2cccnc2)C1=O.